The van der Waals surface area contributed by atoms with E-state index < -0.39 is 92.2 Å². The van der Waals surface area contributed by atoms with Crippen molar-refractivity contribution in [2.24, 2.45) is 22.9 Å². The van der Waals surface area contributed by atoms with Crippen LogP contribution in [0.5, 0.6) is 0 Å². The summed E-state index contributed by atoms with van der Waals surface area (Å²) in [6, 6.07) is -3.13. The fraction of sp³-hybridized carbons (Fsp3) is 0.889. The fourth-order valence-corrected chi connectivity index (χ4v) is 3.98. The van der Waals surface area contributed by atoms with Crippen LogP contribution >= 0.6 is 0 Å². The van der Waals surface area contributed by atoms with E-state index in [1.807, 2.05) is 0 Å². The maximum atomic E-state index is 10.8. The van der Waals surface area contributed by atoms with Crippen LogP contribution in [0.3, 0.4) is 0 Å². The summed E-state index contributed by atoms with van der Waals surface area (Å²) in [5.41, 5.74) is 23.3. The van der Waals surface area contributed by atoms with E-state index in [0.29, 0.717) is 0 Å². The Hall–Kier alpha value is -0.820. The molecule has 0 aromatic carbocycles. The lowest BCUT2D eigenvalue weighted by atomic mass is 9.93. The smallest absolute Gasteiger partial charge is 0.186 e. The van der Waals surface area contributed by atoms with Crippen molar-refractivity contribution in [2.45, 2.75) is 85.6 Å². The molecule has 0 radical (unpaired) electrons. The van der Waals surface area contributed by atoms with Crippen molar-refractivity contribution in [3.63, 3.8) is 0 Å². The Kier molecular flexibility index (Phi) is 8.56. The Balaban J connectivity index is 1.69. The summed E-state index contributed by atoms with van der Waals surface area (Å²) in [7, 11) is 0. The molecule has 1 aliphatic carbocycles. The molecule has 0 spiro atoms. The third kappa shape index (κ3) is 4.98. The molecule has 0 aromatic heterocycles. The summed E-state index contributed by atoms with van der Waals surface area (Å²) >= 11 is 0. The van der Waals surface area contributed by atoms with Gasteiger partial charge in [0.15, 0.2) is 12.6 Å². The second kappa shape index (κ2) is 10.6. The minimum Gasteiger partial charge on any atom is -0.394 e. The number of rotatable bonds is 6. The van der Waals surface area contributed by atoms with E-state index in [-0.39, 0.29) is 6.54 Å². The second-order valence-electron chi connectivity index (χ2n) is 8.28. The van der Waals surface area contributed by atoms with Crippen LogP contribution in [0.1, 0.15) is 0 Å². The second-order valence-corrected chi connectivity index (χ2v) is 8.28. The van der Waals surface area contributed by atoms with Crippen molar-refractivity contribution in [2.75, 3.05) is 13.2 Å². The highest BCUT2D eigenvalue weighted by molar-refractivity contribution is 5.11. The lowest BCUT2D eigenvalue weighted by molar-refractivity contribution is -0.309. The molecular formula is C18H34N4O10. The van der Waals surface area contributed by atoms with E-state index in [1.54, 1.807) is 0 Å². The van der Waals surface area contributed by atoms with Gasteiger partial charge in [0.25, 0.3) is 0 Å². The van der Waals surface area contributed by atoms with Gasteiger partial charge in [-0.2, -0.15) is 0 Å². The van der Waals surface area contributed by atoms with E-state index in [1.165, 1.54) is 12.2 Å². The van der Waals surface area contributed by atoms with E-state index in [4.69, 9.17) is 41.9 Å². The first-order chi connectivity index (χ1) is 15.1. The molecular weight excluding hydrogens is 432 g/mol. The van der Waals surface area contributed by atoms with Gasteiger partial charge in [-0.25, -0.2) is 0 Å². The van der Waals surface area contributed by atoms with Crippen molar-refractivity contribution in [1.29, 1.82) is 0 Å². The zero-order valence-corrected chi connectivity index (χ0v) is 17.3. The Morgan fingerprint density at radius 2 is 1.38 bits per heavy atom. The molecule has 0 amide bonds. The molecule has 14 heteroatoms. The average molecular weight is 466 g/mol. The fourth-order valence-electron chi connectivity index (χ4n) is 3.98. The molecule has 186 valence electrons. The van der Waals surface area contributed by atoms with Crippen molar-refractivity contribution in [3.05, 3.63) is 12.2 Å². The highest BCUT2D eigenvalue weighted by atomic mass is 16.7. The summed E-state index contributed by atoms with van der Waals surface area (Å²) in [6.07, 6.45) is -10.7. The van der Waals surface area contributed by atoms with Gasteiger partial charge in [0.05, 0.1) is 24.7 Å². The van der Waals surface area contributed by atoms with Crippen molar-refractivity contribution >= 4 is 0 Å². The van der Waals surface area contributed by atoms with Gasteiger partial charge in [-0.1, -0.05) is 12.2 Å². The number of aliphatic hydroxyl groups excluding tert-OH is 6. The van der Waals surface area contributed by atoms with Gasteiger partial charge in [-0.15, -0.1) is 0 Å². The number of ether oxygens (including phenoxy) is 4. The molecule has 14 nitrogen and oxygen atoms in total. The topological polar surface area (TPSA) is 262 Å². The zero-order chi connectivity index (χ0) is 23.7. The first-order valence-electron chi connectivity index (χ1n) is 10.4. The van der Waals surface area contributed by atoms with E-state index in [2.05, 4.69) is 0 Å². The largest absolute Gasteiger partial charge is 0.394 e. The summed E-state index contributed by atoms with van der Waals surface area (Å²) in [4.78, 5) is 0. The van der Waals surface area contributed by atoms with Crippen molar-refractivity contribution < 1.29 is 49.6 Å². The first-order valence-corrected chi connectivity index (χ1v) is 10.4. The molecule has 0 bridgehead atoms. The summed E-state index contributed by atoms with van der Waals surface area (Å²) in [5.74, 6) is 0. The monoisotopic (exact) mass is 466 g/mol. The maximum absolute atomic E-state index is 10.8. The Morgan fingerprint density at radius 3 is 2.00 bits per heavy atom. The minimum absolute atomic E-state index is 0.0977. The normalized spacial score (nSPS) is 52.2. The molecule has 2 saturated heterocycles. The molecule has 2 heterocycles. The molecule has 3 rings (SSSR count). The number of nitrogens with two attached hydrogens (primary N) is 4. The van der Waals surface area contributed by atoms with Crippen LogP contribution in [-0.2, 0) is 18.9 Å². The van der Waals surface area contributed by atoms with Gasteiger partial charge in [0.2, 0.25) is 0 Å². The lowest BCUT2D eigenvalue weighted by Crippen LogP contribution is -2.66. The third-order valence-corrected chi connectivity index (χ3v) is 6.08. The molecule has 0 saturated carbocycles. The Labute approximate surface area is 184 Å². The number of hydrogen-bond donors (Lipinski definition) is 10. The molecule has 32 heavy (non-hydrogen) atoms. The summed E-state index contributed by atoms with van der Waals surface area (Å²) in [6.45, 7) is -0.667. The Morgan fingerprint density at radius 1 is 0.719 bits per heavy atom. The van der Waals surface area contributed by atoms with Gasteiger partial charge in [0.1, 0.15) is 54.9 Å². The quantitative estimate of drug-likeness (QED) is 0.163. The van der Waals surface area contributed by atoms with Gasteiger partial charge >= 0.3 is 0 Å². The van der Waals surface area contributed by atoms with Gasteiger partial charge in [-0.3, -0.25) is 0 Å². The highest BCUT2D eigenvalue weighted by Gasteiger charge is 2.48. The summed E-state index contributed by atoms with van der Waals surface area (Å²) < 4.78 is 22.3. The van der Waals surface area contributed by atoms with Crippen LogP contribution < -0.4 is 22.9 Å². The number of aliphatic hydroxyl groups is 6. The Bertz CT molecular complexity index is 643. The molecule has 2 fully saturated rings. The van der Waals surface area contributed by atoms with Crippen LogP contribution in [0.2, 0.25) is 0 Å². The zero-order valence-electron chi connectivity index (χ0n) is 17.3. The molecule has 6 unspecified atom stereocenters. The SMILES string of the molecule is NCC1O[C@H](O[C@@H]2C=C[C@@H](N)C(O[C@@H]3OC(CO)[C@H](O)C(N)C3O)[C@H]2O)C(N)[C@@H](O)[C@@H]1O. The van der Waals surface area contributed by atoms with Gasteiger partial charge in [0, 0.05) is 6.54 Å². The predicted molar refractivity (Wildman–Crippen MR) is 106 cm³/mol. The molecule has 2 aliphatic heterocycles. The average Bonchev–Trinajstić information content (AvgIpc) is 2.78. The minimum atomic E-state index is -1.46. The van der Waals surface area contributed by atoms with Crippen LogP contribution in [0.15, 0.2) is 12.2 Å². The molecule has 3 aliphatic rings. The van der Waals surface area contributed by atoms with Crippen molar-refractivity contribution in [3.8, 4) is 0 Å². The lowest BCUT2D eigenvalue weighted by Gasteiger charge is -2.45. The van der Waals surface area contributed by atoms with E-state index in [9.17, 15) is 30.6 Å². The third-order valence-electron chi connectivity index (χ3n) is 6.08. The van der Waals surface area contributed by atoms with Gasteiger partial charge < -0.3 is 72.5 Å². The van der Waals surface area contributed by atoms with Crippen LogP contribution in [0.25, 0.3) is 0 Å². The van der Waals surface area contributed by atoms with Crippen molar-refractivity contribution in [1.82, 2.24) is 0 Å². The molecule has 14 atom stereocenters. The van der Waals surface area contributed by atoms with Crippen LogP contribution in [0.4, 0.5) is 0 Å². The van der Waals surface area contributed by atoms with Gasteiger partial charge in [-0.05, 0) is 0 Å². The number of hydrogen-bond acceptors (Lipinski definition) is 14. The molecule has 14 N–H and O–H groups in total. The van der Waals surface area contributed by atoms with E-state index in [0.717, 1.165) is 0 Å². The van der Waals surface area contributed by atoms with Crippen LogP contribution in [-0.4, -0.2) is 129 Å². The molecule has 0 aromatic rings. The van der Waals surface area contributed by atoms with E-state index >= 15 is 0 Å². The maximum Gasteiger partial charge on any atom is 0.186 e. The first kappa shape index (κ1) is 25.8. The highest BCUT2D eigenvalue weighted by Crippen LogP contribution is 2.28. The van der Waals surface area contributed by atoms with Crippen LogP contribution in [0, 0.1) is 0 Å². The predicted octanol–water partition coefficient (Wildman–Crippen LogP) is -6.49. The summed E-state index contributed by atoms with van der Waals surface area (Å²) in [5, 5.41) is 60.6. The standard InChI is InChI=1S/C18H34N4O10/c19-3-7-12(25)14(27)10(22)17(30-7)29-6-2-1-5(20)16(13(6)26)32-18-15(28)9(21)11(24)8(4-23)31-18/h1-2,5-18,23-28H,3-4,19-22H2/t5-,6-,7?,8?,9?,10?,11+,12-,13+,14-,15?,16?,17+,18+/m1/s1.